The highest BCUT2D eigenvalue weighted by Gasteiger charge is 2.15. The van der Waals surface area contributed by atoms with Gasteiger partial charge in [-0.3, -0.25) is 0 Å². The summed E-state index contributed by atoms with van der Waals surface area (Å²) in [5, 5.41) is 9.98. The number of pyridine rings is 1. The van der Waals surface area contributed by atoms with Crippen molar-refractivity contribution in [2.45, 2.75) is 0 Å². The Morgan fingerprint density at radius 1 is 1.33 bits per heavy atom. The molecule has 0 amide bonds. The van der Waals surface area contributed by atoms with Gasteiger partial charge in [-0.25, -0.2) is 4.98 Å². The highest BCUT2D eigenvalue weighted by Crippen LogP contribution is 2.37. The van der Waals surface area contributed by atoms with Crippen molar-refractivity contribution in [2.75, 3.05) is 5.73 Å². The van der Waals surface area contributed by atoms with E-state index in [1.807, 2.05) is 0 Å². The molecule has 0 spiro atoms. The fourth-order valence-electron chi connectivity index (χ4n) is 1.67. The Bertz CT molecular complexity index is 706. The van der Waals surface area contributed by atoms with Gasteiger partial charge >= 0.3 is 0 Å². The van der Waals surface area contributed by atoms with E-state index in [4.69, 9.17) is 10.2 Å². The molecule has 2 aromatic heterocycles. The zero-order valence-electron chi connectivity index (χ0n) is 9.09. The van der Waals surface area contributed by atoms with E-state index < -0.39 is 0 Å². The Kier molecular flexibility index (Phi) is 2.45. The lowest BCUT2D eigenvalue weighted by molar-refractivity contribution is 0.471. The molecule has 0 saturated carbocycles. The van der Waals surface area contributed by atoms with E-state index in [-0.39, 0.29) is 11.6 Å². The Balaban J connectivity index is 2.26. The molecule has 18 heavy (non-hydrogen) atoms. The van der Waals surface area contributed by atoms with Crippen molar-refractivity contribution in [3.63, 3.8) is 0 Å². The zero-order chi connectivity index (χ0) is 12.7. The molecule has 0 bridgehead atoms. The molecule has 0 fully saturated rings. The van der Waals surface area contributed by atoms with E-state index in [0.29, 0.717) is 27.0 Å². The van der Waals surface area contributed by atoms with Gasteiger partial charge in [0.1, 0.15) is 5.75 Å². The third kappa shape index (κ3) is 1.70. The van der Waals surface area contributed by atoms with Gasteiger partial charge in [-0.05, 0) is 40.2 Å². The summed E-state index contributed by atoms with van der Waals surface area (Å²) < 4.78 is 6.03. The number of fused-ring (bicyclic) bond motifs is 1. The first-order valence-electron chi connectivity index (χ1n) is 5.15. The summed E-state index contributed by atoms with van der Waals surface area (Å²) in [7, 11) is 0. The van der Waals surface area contributed by atoms with E-state index >= 15 is 0 Å². The maximum Gasteiger partial charge on any atom is 0.232 e. The van der Waals surface area contributed by atoms with Crippen molar-refractivity contribution in [1.29, 1.82) is 0 Å². The minimum atomic E-state index is 0.0377. The summed E-state index contributed by atoms with van der Waals surface area (Å²) in [6.45, 7) is 0. The third-order valence-electron chi connectivity index (χ3n) is 2.48. The van der Waals surface area contributed by atoms with Crippen LogP contribution in [0.2, 0.25) is 0 Å². The van der Waals surface area contributed by atoms with Gasteiger partial charge in [0.05, 0.1) is 10.0 Å². The van der Waals surface area contributed by atoms with Crippen LogP contribution in [-0.2, 0) is 0 Å². The number of aromatic hydroxyl groups is 1. The van der Waals surface area contributed by atoms with Crippen molar-refractivity contribution < 1.29 is 9.52 Å². The Labute approximate surface area is 110 Å². The molecule has 3 aromatic rings. The van der Waals surface area contributed by atoms with Gasteiger partial charge in [-0.2, -0.15) is 4.98 Å². The number of anilines is 1. The van der Waals surface area contributed by atoms with Crippen LogP contribution in [0.1, 0.15) is 0 Å². The summed E-state index contributed by atoms with van der Waals surface area (Å²) in [4.78, 5) is 8.28. The number of nitrogens with two attached hydrogens (primary N) is 1. The topological polar surface area (TPSA) is 85.2 Å². The summed E-state index contributed by atoms with van der Waals surface area (Å²) in [5.74, 6) is 0.324. The molecule has 90 valence electrons. The number of hydrogen-bond donors (Lipinski definition) is 2. The number of hydrogen-bond acceptors (Lipinski definition) is 5. The first-order chi connectivity index (χ1) is 8.65. The first kappa shape index (κ1) is 11.0. The summed E-state index contributed by atoms with van der Waals surface area (Å²) in [6.07, 6.45) is 1.63. The van der Waals surface area contributed by atoms with Crippen LogP contribution in [0.15, 0.2) is 39.4 Å². The minimum absolute atomic E-state index is 0.0377. The van der Waals surface area contributed by atoms with E-state index in [1.165, 1.54) is 0 Å². The predicted octanol–water partition coefficient (Wildman–Crippen LogP) is 2.94. The van der Waals surface area contributed by atoms with Crippen LogP contribution >= 0.6 is 15.9 Å². The number of nitrogens with zero attached hydrogens (tertiary/aromatic N) is 2. The molecule has 0 atom stereocenters. The average Bonchev–Trinajstić information content (AvgIpc) is 2.77. The van der Waals surface area contributed by atoms with E-state index in [1.54, 1.807) is 30.5 Å². The third-order valence-corrected chi connectivity index (χ3v) is 3.09. The molecular weight excluding hydrogens is 298 g/mol. The number of phenolic OH excluding ortho intramolecular Hbond substituents is 1. The average molecular weight is 306 g/mol. The Hall–Kier alpha value is -2.08. The van der Waals surface area contributed by atoms with Crippen molar-refractivity contribution in [2.24, 2.45) is 0 Å². The molecule has 1 aromatic carbocycles. The second-order valence-electron chi connectivity index (χ2n) is 3.74. The van der Waals surface area contributed by atoms with Gasteiger partial charge in [-0.15, -0.1) is 0 Å². The van der Waals surface area contributed by atoms with Crippen LogP contribution < -0.4 is 5.73 Å². The van der Waals surface area contributed by atoms with Gasteiger partial charge in [-0.1, -0.05) is 0 Å². The monoisotopic (exact) mass is 305 g/mol. The SMILES string of the molecule is Nc1cc(Br)c(O)c(-c2nc3ncccc3o2)c1. The fraction of sp³-hybridized carbons (Fsp3) is 0. The quantitative estimate of drug-likeness (QED) is 0.533. The maximum absolute atomic E-state index is 9.98. The highest BCUT2D eigenvalue weighted by atomic mass is 79.9. The molecule has 5 nitrogen and oxygen atoms in total. The molecule has 0 radical (unpaired) electrons. The number of phenols is 1. The summed E-state index contributed by atoms with van der Waals surface area (Å²) in [6, 6.07) is 6.73. The molecule has 0 unspecified atom stereocenters. The van der Waals surface area contributed by atoms with Gasteiger partial charge in [0.25, 0.3) is 0 Å². The van der Waals surface area contributed by atoms with Gasteiger partial charge in [0, 0.05) is 11.9 Å². The van der Waals surface area contributed by atoms with Gasteiger partial charge < -0.3 is 15.3 Å². The van der Waals surface area contributed by atoms with Crippen molar-refractivity contribution in [3.05, 3.63) is 34.9 Å². The highest BCUT2D eigenvalue weighted by molar-refractivity contribution is 9.10. The second-order valence-corrected chi connectivity index (χ2v) is 4.60. The van der Waals surface area contributed by atoms with Gasteiger partial charge in [0.2, 0.25) is 5.89 Å². The zero-order valence-corrected chi connectivity index (χ0v) is 10.7. The van der Waals surface area contributed by atoms with Gasteiger partial charge in [0.15, 0.2) is 11.2 Å². The molecule has 0 aliphatic heterocycles. The normalized spacial score (nSPS) is 10.9. The molecule has 3 N–H and O–H groups in total. The first-order valence-corrected chi connectivity index (χ1v) is 5.94. The van der Waals surface area contributed by atoms with Crippen molar-refractivity contribution >= 4 is 32.8 Å². The number of nitrogen functional groups attached to an aromatic ring is 1. The lowest BCUT2D eigenvalue weighted by Gasteiger charge is -2.04. The molecule has 3 rings (SSSR count). The van der Waals surface area contributed by atoms with Crippen molar-refractivity contribution in [1.82, 2.24) is 9.97 Å². The molecule has 2 heterocycles. The van der Waals surface area contributed by atoms with Crippen molar-refractivity contribution in [3.8, 4) is 17.2 Å². The van der Waals surface area contributed by atoms with Crippen LogP contribution in [0, 0.1) is 0 Å². The molecular formula is C12H8BrN3O2. The summed E-state index contributed by atoms with van der Waals surface area (Å²) >= 11 is 3.22. The smallest absolute Gasteiger partial charge is 0.232 e. The maximum atomic E-state index is 9.98. The Morgan fingerprint density at radius 2 is 2.17 bits per heavy atom. The van der Waals surface area contributed by atoms with E-state index in [0.717, 1.165) is 0 Å². The molecule has 0 aliphatic carbocycles. The largest absolute Gasteiger partial charge is 0.506 e. The number of rotatable bonds is 1. The molecule has 6 heteroatoms. The number of oxazole rings is 1. The van der Waals surface area contributed by atoms with E-state index in [9.17, 15) is 5.11 Å². The number of aromatic nitrogens is 2. The van der Waals surface area contributed by atoms with Crippen LogP contribution in [-0.4, -0.2) is 15.1 Å². The number of benzene rings is 1. The summed E-state index contributed by atoms with van der Waals surface area (Å²) in [5.41, 5.74) is 7.72. The molecule has 0 saturated heterocycles. The Morgan fingerprint density at radius 3 is 2.94 bits per heavy atom. The van der Waals surface area contributed by atoms with Crippen LogP contribution in [0.4, 0.5) is 5.69 Å². The minimum Gasteiger partial charge on any atom is -0.506 e. The lowest BCUT2D eigenvalue weighted by atomic mass is 10.2. The standard InChI is InChI=1S/C12H8BrN3O2/c13-8-5-6(14)4-7(10(8)17)12-16-11-9(18-12)2-1-3-15-11/h1-5,17H,14H2. The van der Waals surface area contributed by atoms with Crippen LogP contribution in [0.5, 0.6) is 5.75 Å². The van der Waals surface area contributed by atoms with Crippen LogP contribution in [0.25, 0.3) is 22.7 Å². The fourth-order valence-corrected chi connectivity index (χ4v) is 2.15. The van der Waals surface area contributed by atoms with Crippen LogP contribution in [0.3, 0.4) is 0 Å². The number of halogens is 1. The molecule has 0 aliphatic rings. The lowest BCUT2D eigenvalue weighted by Crippen LogP contribution is -1.88. The van der Waals surface area contributed by atoms with E-state index in [2.05, 4.69) is 25.9 Å². The second kappa shape index (κ2) is 3.99. The predicted molar refractivity (Wildman–Crippen MR) is 71.0 cm³/mol.